The van der Waals surface area contributed by atoms with Crippen LogP contribution in [0.4, 0.5) is 5.69 Å². The Labute approximate surface area is 163 Å². The van der Waals surface area contributed by atoms with E-state index in [2.05, 4.69) is 23.9 Å². The van der Waals surface area contributed by atoms with Gasteiger partial charge in [0.15, 0.2) is 0 Å². The molecule has 2 aromatic rings. The van der Waals surface area contributed by atoms with Crippen molar-refractivity contribution in [3.63, 3.8) is 0 Å². The van der Waals surface area contributed by atoms with Gasteiger partial charge in [-0.25, -0.2) is 4.79 Å². The second-order valence-corrected chi connectivity index (χ2v) is 6.58. The predicted octanol–water partition coefficient (Wildman–Crippen LogP) is 4.91. The maximum absolute atomic E-state index is 12.2. The van der Waals surface area contributed by atoms with Gasteiger partial charge in [-0.2, -0.15) is 0 Å². The van der Waals surface area contributed by atoms with E-state index in [-0.39, 0.29) is 22.2 Å². The number of hydrogen-bond donors (Lipinski definition) is 1. The molecule has 0 saturated heterocycles. The molecule has 0 radical (unpaired) electrons. The van der Waals surface area contributed by atoms with Gasteiger partial charge < -0.3 is 14.8 Å². The molecule has 2 rings (SSSR count). The van der Waals surface area contributed by atoms with Gasteiger partial charge in [0, 0.05) is 12.1 Å². The average molecular weight is 388 g/mol. The van der Waals surface area contributed by atoms with E-state index in [4.69, 9.17) is 16.3 Å². The third-order valence-corrected chi connectivity index (χ3v) is 4.30. The Kier molecular flexibility index (Phi) is 7.02. The summed E-state index contributed by atoms with van der Waals surface area (Å²) in [6.45, 7) is 4.25. The number of carbonyl (C=O) groups excluding carboxylic acids is 2. The lowest BCUT2D eigenvalue weighted by Gasteiger charge is -2.11. The Morgan fingerprint density at radius 3 is 2.33 bits per heavy atom. The number of esters is 1. The lowest BCUT2D eigenvalue weighted by Crippen LogP contribution is -2.10. The van der Waals surface area contributed by atoms with Gasteiger partial charge in [0.25, 0.3) is 0 Å². The first-order valence-electron chi connectivity index (χ1n) is 8.40. The van der Waals surface area contributed by atoms with Crippen LogP contribution in [-0.2, 0) is 9.53 Å². The second-order valence-electron chi connectivity index (χ2n) is 6.17. The molecule has 0 bridgehead atoms. The molecule has 0 aromatic heterocycles. The largest absolute Gasteiger partial charge is 0.496 e. The molecule has 1 amide bonds. The molecular weight excluding hydrogens is 366 g/mol. The molecule has 6 heteroatoms. The molecule has 0 saturated carbocycles. The number of ether oxygens (including phenoxy) is 2. The van der Waals surface area contributed by atoms with Gasteiger partial charge >= 0.3 is 5.97 Å². The van der Waals surface area contributed by atoms with E-state index in [1.54, 1.807) is 6.08 Å². The fraction of sp³-hybridized carbons (Fsp3) is 0.238. The highest BCUT2D eigenvalue weighted by atomic mass is 35.5. The Morgan fingerprint density at radius 2 is 1.78 bits per heavy atom. The van der Waals surface area contributed by atoms with Crippen molar-refractivity contribution in [3.8, 4) is 5.75 Å². The third-order valence-electron chi connectivity index (χ3n) is 3.98. The number of halogens is 1. The smallest absolute Gasteiger partial charge is 0.341 e. The van der Waals surface area contributed by atoms with Crippen molar-refractivity contribution in [1.82, 2.24) is 0 Å². The van der Waals surface area contributed by atoms with E-state index in [0.29, 0.717) is 11.6 Å². The molecule has 0 heterocycles. The first-order valence-corrected chi connectivity index (χ1v) is 8.78. The summed E-state index contributed by atoms with van der Waals surface area (Å²) in [5, 5.41) is 2.89. The van der Waals surface area contributed by atoms with Crippen molar-refractivity contribution in [1.29, 1.82) is 0 Å². The summed E-state index contributed by atoms with van der Waals surface area (Å²) in [6, 6.07) is 10.9. The van der Waals surface area contributed by atoms with Crippen LogP contribution < -0.4 is 10.1 Å². The zero-order chi connectivity index (χ0) is 20.0. The quantitative estimate of drug-likeness (QED) is 0.565. The molecule has 2 aromatic carbocycles. The summed E-state index contributed by atoms with van der Waals surface area (Å²) in [5.41, 5.74) is 2.68. The van der Waals surface area contributed by atoms with Crippen molar-refractivity contribution in [2.75, 3.05) is 19.5 Å². The number of amides is 1. The first-order chi connectivity index (χ1) is 12.8. The summed E-state index contributed by atoms with van der Waals surface area (Å²) in [6.07, 6.45) is 3.13. The molecule has 142 valence electrons. The molecule has 0 aliphatic carbocycles. The fourth-order valence-electron chi connectivity index (χ4n) is 2.43. The minimum Gasteiger partial charge on any atom is -0.496 e. The minimum atomic E-state index is -0.573. The first kappa shape index (κ1) is 20.5. The molecule has 0 aliphatic heterocycles. The number of nitrogens with one attached hydrogen (secondary N) is 1. The number of hydrogen-bond acceptors (Lipinski definition) is 4. The molecule has 0 atom stereocenters. The number of carbonyl (C=O) groups is 2. The maximum atomic E-state index is 12.2. The Bertz CT molecular complexity index is 857. The number of benzene rings is 2. The Morgan fingerprint density at radius 1 is 1.11 bits per heavy atom. The molecule has 27 heavy (non-hydrogen) atoms. The van der Waals surface area contributed by atoms with Gasteiger partial charge in [0.1, 0.15) is 11.3 Å². The maximum Gasteiger partial charge on any atom is 0.341 e. The van der Waals surface area contributed by atoms with Gasteiger partial charge in [-0.05, 0) is 29.2 Å². The molecule has 0 aliphatic rings. The standard InChI is InChI=1S/C21H22ClNO4/c1-13(2)15-8-5-14(6-9-15)7-10-20(24)23-18-12-19(26-3)16(11-17(18)22)21(25)27-4/h5-13H,1-4H3,(H,23,24). The predicted molar refractivity (Wildman–Crippen MR) is 108 cm³/mol. The van der Waals surface area contributed by atoms with Crippen LogP contribution in [-0.4, -0.2) is 26.1 Å². The van der Waals surface area contributed by atoms with Gasteiger partial charge in [-0.15, -0.1) is 0 Å². The van der Waals surface area contributed by atoms with E-state index in [1.165, 1.54) is 38.0 Å². The lowest BCUT2D eigenvalue weighted by molar-refractivity contribution is -0.111. The Hall–Kier alpha value is -2.79. The number of methoxy groups -OCH3 is 2. The van der Waals surface area contributed by atoms with E-state index in [9.17, 15) is 9.59 Å². The van der Waals surface area contributed by atoms with E-state index < -0.39 is 5.97 Å². The zero-order valence-corrected chi connectivity index (χ0v) is 16.5. The third kappa shape index (κ3) is 5.34. The van der Waals surface area contributed by atoms with Crippen molar-refractivity contribution in [2.45, 2.75) is 19.8 Å². The van der Waals surface area contributed by atoms with Crippen molar-refractivity contribution >= 4 is 35.2 Å². The summed E-state index contributed by atoms with van der Waals surface area (Å²) in [4.78, 5) is 23.9. The molecule has 1 N–H and O–H groups in total. The van der Waals surface area contributed by atoms with Crippen molar-refractivity contribution < 1.29 is 19.1 Å². The molecule has 0 unspecified atom stereocenters. The average Bonchev–Trinajstić information content (AvgIpc) is 2.67. The summed E-state index contributed by atoms with van der Waals surface area (Å²) < 4.78 is 9.87. The zero-order valence-electron chi connectivity index (χ0n) is 15.7. The number of rotatable bonds is 6. The van der Waals surface area contributed by atoms with Crippen LogP contribution in [0.3, 0.4) is 0 Å². The SMILES string of the molecule is COC(=O)c1cc(Cl)c(NC(=O)C=Cc2ccc(C(C)C)cc2)cc1OC. The Balaban J connectivity index is 2.14. The molecular formula is C21H22ClNO4. The van der Waals surface area contributed by atoms with Gasteiger partial charge in [-0.1, -0.05) is 49.7 Å². The van der Waals surface area contributed by atoms with Crippen LogP contribution in [0.15, 0.2) is 42.5 Å². The highest BCUT2D eigenvalue weighted by molar-refractivity contribution is 6.34. The van der Waals surface area contributed by atoms with E-state index in [0.717, 1.165) is 5.56 Å². The highest BCUT2D eigenvalue weighted by Gasteiger charge is 2.17. The molecule has 5 nitrogen and oxygen atoms in total. The molecule has 0 fully saturated rings. The summed E-state index contributed by atoms with van der Waals surface area (Å²) >= 11 is 6.17. The van der Waals surface area contributed by atoms with E-state index in [1.807, 2.05) is 24.3 Å². The van der Waals surface area contributed by atoms with Gasteiger partial charge in [-0.3, -0.25) is 4.79 Å². The van der Waals surface area contributed by atoms with Crippen LogP contribution in [0.25, 0.3) is 6.08 Å². The summed E-state index contributed by atoms with van der Waals surface area (Å²) in [7, 11) is 2.69. The van der Waals surface area contributed by atoms with Gasteiger partial charge in [0.2, 0.25) is 5.91 Å². The van der Waals surface area contributed by atoms with Crippen molar-refractivity contribution in [3.05, 3.63) is 64.2 Å². The van der Waals surface area contributed by atoms with Crippen molar-refractivity contribution in [2.24, 2.45) is 0 Å². The fourth-order valence-corrected chi connectivity index (χ4v) is 2.64. The minimum absolute atomic E-state index is 0.184. The van der Waals surface area contributed by atoms with Crippen LogP contribution in [0, 0.1) is 0 Å². The van der Waals surface area contributed by atoms with Gasteiger partial charge in [0.05, 0.1) is 24.9 Å². The van der Waals surface area contributed by atoms with Crippen LogP contribution in [0.5, 0.6) is 5.75 Å². The lowest BCUT2D eigenvalue weighted by atomic mass is 10.0. The van der Waals surface area contributed by atoms with E-state index >= 15 is 0 Å². The van der Waals surface area contributed by atoms with Crippen LogP contribution >= 0.6 is 11.6 Å². The monoisotopic (exact) mass is 387 g/mol. The van der Waals surface area contributed by atoms with Crippen LogP contribution in [0.2, 0.25) is 5.02 Å². The summed E-state index contributed by atoms with van der Waals surface area (Å²) in [5.74, 6) is -0.208. The van der Waals surface area contributed by atoms with Crippen LogP contribution in [0.1, 0.15) is 41.3 Å². The number of anilines is 1. The normalized spacial score (nSPS) is 10.9. The topological polar surface area (TPSA) is 64.6 Å². The highest BCUT2D eigenvalue weighted by Crippen LogP contribution is 2.31. The second kappa shape index (κ2) is 9.24. The molecule has 0 spiro atoms.